The van der Waals surface area contributed by atoms with Crippen molar-refractivity contribution in [2.24, 2.45) is 0 Å². The van der Waals surface area contributed by atoms with Crippen LogP contribution < -0.4 is 10.1 Å². The quantitative estimate of drug-likeness (QED) is 0.656. The molecule has 4 heteroatoms. The molecule has 0 bridgehead atoms. The van der Waals surface area contributed by atoms with Crippen molar-refractivity contribution >= 4 is 5.69 Å². The van der Waals surface area contributed by atoms with Crippen LogP contribution in [-0.2, 0) is 6.61 Å². The van der Waals surface area contributed by atoms with Crippen LogP contribution in [0.3, 0.4) is 0 Å². The molecule has 0 amide bonds. The number of anilines is 1. The van der Waals surface area contributed by atoms with Crippen LogP contribution in [0.5, 0.6) is 5.75 Å². The van der Waals surface area contributed by atoms with Crippen molar-refractivity contribution in [1.82, 2.24) is 4.98 Å². The second-order valence-electron chi connectivity index (χ2n) is 5.98. The summed E-state index contributed by atoms with van der Waals surface area (Å²) in [5, 5.41) is 3.15. The third kappa shape index (κ3) is 3.79. The fourth-order valence-corrected chi connectivity index (χ4v) is 2.78. The molecule has 25 heavy (non-hydrogen) atoms. The smallest absolute Gasteiger partial charge is 0.213 e. The number of ether oxygens (including phenoxy) is 1. The standard InChI is InChI=1S/C21H21FN2O/c1-14-6-4-8-19(23-3)21(14)25-13-17-11-10-16(12-15(17)2)18-7-5-9-20(22)24-18/h4-12,23H,13H2,1-3H3. The van der Waals surface area contributed by atoms with E-state index in [1.54, 1.807) is 12.1 Å². The summed E-state index contributed by atoms with van der Waals surface area (Å²) in [6, 6.07) is 16.8. The number of rotatable bonds is 5. The molecular formula is C21H21FN2O. The number of pyridine rings is 1. The molecule has 1 heterocycles. The number of para-hydroxylation sites is 1. The highest BCUT2D eigenvalue weighted by atomic mass is 19.1. The minimum atomic E-state index is -0.471. The first-order chi connectivity index (χ1) is 12.1. The summed E-state index contributed by atoms with van der Waals surface area (Å²) in [6.45, 7) is 4.53. The predicted molar refractivity (Wildman–Crippen MR) is 99.4 cm³/mol. The van der Waals surface area contributed by atoms with Gasteiger partial charge >= 0.3 is 0 Å². The van der Waals surface area contributed by atoms with E-state index in [9.17, 15) is 4.39 Å². The molecule has 1 aromatic heterocycles. The Labute approximate surface area is 147 Å². The van der Waals surface area contributed by atoms with Gasteiger partial charge in [-0.3, -0.25) is 0 Å². The number of aryl methyl sites for hydroxylation is 2. The average Bonchev–Trinajstić information content (AvgIpc) is 2.61. The van der Waals surface area contributed by atoms with Crippen molar-refractivity contribution in [1.29, 1.82) is 0 Å². The van der Waals surface area contributed by atoms with Crippen molar-refractivity contribution < 1.29 is 9.13 Å². The van der Waals surface area contributed by atoms with Crippen LogP contribution in [-0.4, -0.2) is 12.0 Å². The summed E-state index contributed by atoms with van der Waals surface area (Å²) in [4.78, 5) is 3.94. The monoisotopic (exact) mass is 336 g/mol. The normalized spacial score (nSPS) is 10.6. The number of benzene rings is 2. The largest absolute Gasteiger partial charge is 0.486 e. The molecular weight excluding hydrogens is 315 g/mol. The second kappa shape index (κ2) is 7.34. The Balaban J connectivity index is 1.81. The molecule has 0 fully saturated rings. The molecule has 1 N–H and O–H groups in total. The van der Waals surface area contributed by atoms with Crippen LogP contribution in [0.2, 0.25) is 0 Å². The molecule has 0 saturated heterocycles. The molecule has 0 spiro atoms. The molecule has 3 nitrogen and oxygen atoms in total. The third-order valence-electron chi connectivity index (χ3n) is 4.21. The first kappa shape index (κ1) is 17.0. The van der Waals surface area contributed by atoms with Crippen molar-refractivity contribution in [2.45, 2.75) is 20.5 Å². The lowest BCUT2D eigenvalue weighted by Crippen LogP contribution is -2.02. The van der Waals surface area contributed by atoms with Crippen molar-refractivity contribution in [3.63, 3.8) is 0 Å². The van der Waals surface area contributed by atoms with Gasteiger partial charge in [-0.2, -0.15) is 4.39 Å². The Morgan fingerprint density at radius 2 is 1.80 bits per heavy atom. The van der Waals surface area contributed by atoms with E-state index in [1.807, 2.05) is 57.3 Å². The molecule has 0 unspecified atom stereocenters. The number of nitrogens with one attached hydrogen (secondary N) is 1. The van der Waals surface area contributed by atoms with E-state index in [0.29, 0.717) is 12.3 Å². The van der Waals surface area contributed by atoms with Crippen LogP contribution in [0, 0.1) is 19.8 Å². The van der Waals surface area contributed by atoms with Gasteiger partial charge in [0, 0.05) is 12.6 Å². The summed E-state index contributed by atoms with van der Waals surface area (Å²) in [5.41, 5.74) is 5.76. The fourth-order valence-electron chi connectivity index (χ4n) is 2.78. The molecule has 0 radical (unpaired) electrons. The highest BCUT2D eigenvalue weighted by Crippen LogP contribution is 2.29. The second-order valence-corrected chi connectivity index (χ2v) is 5.98. The van der Waals surface area contributed by atoms with Crippen molar-refractivity contribution in [3.8, 4) is 17.0 Å². The zero-order valence-electron chi connectivity index (χ0n) is 14.6. The highest BCUT2D eigenvalue weighted by Gasteiger charge is 2.08. The predicted octanol–water partition coefficient (Wildman–Crippen LogP) is 5.13. The molecule has 3 rings (SSSR count). The molecule has 0 aliphatic rings. The fraction of sp³-hybridized carbons (Fsp3) is 0.190. The first-order valence-electron chi connectivity index (χ1n) is 8.21. The molecule has 0 saturated carbocycles. The van der Waals surface area contributed by atoms with Crippen LogP contribution >= 0.6 is 0 Å². The van der Waals surface area contributed by atoms with E-state index in [4.69, 9.17) is 4.74 Å². The SMILES string of the molecule is CNc1cccc(C)c1OCc1ccc(-c2cccc(F)n2)cc1C. The maximum Gasteiger partial charge on any atom is 0.213 e. The molecule has 2 aromatic carbocycles. The maximum atomic E-state index is 13.3. The van der Waals surface area contributed by atoms with Gasteiger partial charge in [0.05, 0.1) is 11.4 Å². The Bertz CT molecular complexity index is 893. The number of aromatic nitrogens is 1. The average molecular weight is 336 g/mol. The number of hydrogen-bond donors (Lipinski definition) is 1. The van der Waals surface area contributed by atoms with Crippen LogP contribution in [0.4, 0.5) is 10.1 Å². The number of hydrogen-bond acceptors (Lipinski definition) is 3. The highest BCUT2D eigenvalue weighted by molar-refractivity contribution is 5.61. The minimum Gasteiger partial charge on any atom is -0.486 e. The zero-order valence-corrected chi connectivity index (χ0v) is 14.6. The van der Waals surface area contributed by atoms with Gasteiger partial charge in [-0.05, 0) is 54.8 Å². The lowest BCUT2D eigenvalue weighted by Gasteiger charge is -2.15. The summed E-state index contributed by atoms with van der Waals surface area (Å²) in [6.07, 6.45) is 0. The van der Waals surface area contributed by atoms with Crippen LogP contribution in [0.15, 0.2) is 54.6 Å². The van der Waals surface area contributed by atoms with Gasteiger partial charge in [-0.15, -0.1) is 0 Å². The first-order valence-corrected chi connectivity index (χ1v) is 8.21. The number of nitrogens with zero attached hydrogens (tertiary/aromatic N) is 1. The molecule has 0 atom stereocenters. The Hall–Kier alpha value is -2.88. The van der Waals surface area contributed by atoms with Gasteiger partial charge in [-0.25, -0.2) is 4.98 Å². The van der Waals surface area contributed by atoms with Gasteiger partial charge in [0.2, 0.25) is 5.95 Å². The molecule has 0 aliphatic carbocycles. The van der Waals surface area contributed by atoms with E-state index < -0.39 is 5.95 Å². The van der Waals surface area contributed by atoms with Gasteiger partial charge in [-0.1, -0.05) is 30.3 Å². The minimum absolute atomic E-state index is 0.471. The van der Waals surface area contributed by atoms with Gasteiger partial charge in [0.15, 0.2) is 0 Å². The van der Waals surface area contributed by atoms with Crippen LogP contribution in [0.1, 0.15) is 16.7 Å². The summed E-state index contributed by atoms with van der Waals surface area (Å²) < 4.78 is 19.4. The Morgan fingerprint density at radius 3 is 2.52 bits per heavy atom. The van der Waals surface area contributed by atoms with Crippen molar-refractivity contribution in [3.05, 3.63) is 77.2 Å². The molecule has 3 aromatic rings. The van der Waals surface area contributed by atoms with Gasteiger partial charge in [0.25, 0.3) is 0 Å². The Morgan fingerprint density at radius 1 is 1.00 bits per heavy atom. The summed E-state index contributed by atoms with van der Waals surface area (Å²) >= 11 is 0. The van der Waals surface area contributed by atoms with E-state index in [2.05, 4.69) is 10.3 Å². The Kier molecular flexibility index (Phi) is 4.98. The lowest BCUT2D eigenvalue weighted by molar-refractivity contribution is 0.305. The van der Waals surface area contributed by atoms with E-state index in [1.165, 1.54) is 6.07 Å². The summed E-state index contributed by atoms with van der Waals surface area (Å²) in [5.74, 6) is 0.391. The topological polar surface area (TPSA) is 34.1 Å². The summed E-state index contributed by atoms with van der Waals surface area (Å²) in [7, 11) is 1.88. The maximum absolute atomic E-state index is 13.3. The van der Waals surface area contributed by atoms with E-state index in [0.717, 1.165) is 33.7 Å². The molecule has 128 valence electrons. The third-order valence-corrected chi connectivity index (χ3v) is 4.21. The lowest BCUT2D eigenvalue weighted by atomic mass is 10.0. The molecule has 0 aliphatic heterocycles. The van der Waals surface area contributed by atoms with E-state index >= 15 is 0 Å². The zero-order chi connectivity index (χ0) is 17.8. The number of halogens is 1. The van der Waals surface area contributed by atoms with E-state index in [-0.39, 0.29) is 0 Å². The van der Waals surface area contributed by atoms with Gasteiger partial charge < -0.3 is 10.1 Å². The van der Waals surface area contributed by atoms with Gasteiger partial charge in [0.1, 0.15) is 12.4 Å². The van der Waals surface area contributed by atoms with Crippen molar-refractivity contribution in [2.75, 3.05) is 12.4 Å². The van der Waals surface area contributed by atoms with Crippen LogP contribution in [0.25, 0.3) is 11.3 Å².